The van der Waals surface area contributed by atoms with Crippen LogP contribution in [0.2, 0.25) is 0 Å². The average molecular weight is 316 g/mol. The number of carbonyl (C=O) groups is 2. The molecule has 0 aliphatic heterocycles. The van der Waals surface area contributed by atoms with Crippen molar-refractivity contribution in [1.29, 1.82) is 0 Å². The van der Waals surface area contributed by atoms with Crippen LogP contribution in [0.5, 0.6) is 0 Å². The van der Waals surface area contributed by atoms with Gasteiger partial charge in [-0.3, -0.25) is 4.79 Å². The minimum atomic E-state index is -1.49. The molecule has 0 aliphatic rings. The number of benzene rings is 1. The first kappa shape index (κ1) is 17.6. The first-order valence-corrected chi connectivity index (χ1v) is 7.31. The van der Waals surface area contributed by atoms with Gasteiger partial charge in [0.2, 0.25) is 0 Å². The van der Waals surface area contributed by atoms with Crippen molar-refractivity contribution in [1.82, 2.24) is 0 Å². The van der Waals surface area contributed by atoms with Gasteiger partial charge in [0, 0.05) is 18.2 Å². The Morgan fingerprint density at radius 1 is 1.38 bits per heavy atom. The highest BCUT2D eigenvalue weighted by atomic mass is 32.2. The molecular weight excluding hydrogens is 299 g/mol. The summed E-state index contributed by atoms with van der Waals surface area (Å²) in [6.07, 6.45) is -2.80. The Morgan fingerprint density at radius 3 is 2.62 bits per heavy atom. The van der Waals surface area contributed by atoms with E-state index in [9.17, 15) is 24.2 Å². The number of halogens is 1. The lowest BCUT2D eigenvalue weighted by atomic mass is 9.99. The molecule has 7 heteroatoms. The maximum Gasteiger partial charge on any atom is 0.338 e. The molecule has 0 bridgehead atoms. The monoisotopic (exact) mass is 316 g/mol. The van der Waals surface area contributed by atoms with E-state index in [2.05, 4.69) is 0 Å². The highest BCUT2D eigenvalue weighted by molar-refractivity contribution is 8.13. The van der Waals surface area contributed by atoms with Crippen LogP contribution in [0, 0.1) is 5.82 Å². The predicted octanol–water partition coefficient (Wildman–Crippen LogP) is 1.68. The number of hydrogen-bond acceptors (Lipinski definition) is 6. The van der Waals surface area contributed by atoms with Gasteiger partial charge in [0.15, 0.2) is 5.12 Å². The second-order valence-electron chi connectivity index (χ2n) is 4.27. The second-order valence-corrected chi connectivity index (χ2v) is 5.46. The number of esters is 1. The molecule has 2 unspecified atom stereocenters. The van der Waals surface area contributed by atoms with E-state index in [-0.39, 0.29) is 28.6 Å². The number of rotatable bonds is 6. The lowest BCUT2D eigenvalue weighted by Gasteiger charge is -2.19. The van der Waals surface area contributed by atoms with Gasteiger partial charge >= 0.3 is 5.97 Å². The Balaban J connectivity index is 3.00. The van der Waals surface area contributed by atoms with Gasteiger partial charge in [0.05, 0.1) is 18.3 Å². The van der Waals surface area contributed by atoms with Crippen molar-refractivity contribution in [3.8, 4) is 0 Å². The van der Waals surface area contributed by atoms with Crippen LogP contribution in [0.3, 0.4) is 0 Å². The van der Waals surface area contributed by atoms with Gasteiger partial charge in [-0.15, -0.1) is 0 Å². The fourth-order valence-electron chi connectivity index (χ4n) is 1.67. The van der Waals surface area contributed by atoms with E-state index in [0.717, 1.165) is 23.9 Å². The van der Waals surface area contributed by atoms with Crippen LogP contribution in [-0.2, 0) is 9.53 Å². The summed E-state index contributed by atoms with van der Waals surface area (Å²) in [7, 11) is 0. The molecule has 0 aromatic heterocycles. The van der Waals surface area contributed by atoms with Crippen LogP contribution in [0.15, 0.2) is 18.2 Å². The summed E-state index contributed by atoms with van der Waals surface area (Å²) in [4.78, 5) is 22.6. The predicted molar refractivity (Wildman–Crippen MR) is 76.5 cm³/mol. The van der Waals surface area contributed by atoms with Crippen molar-refractivity contribution in [3.05, 3.63) is 35.1 Å². The normalized spacial score (nSPS) is 13.6. The molecule has 5 nitrogen and oxygen atoms in total. The van der Waals surface area contributed by atoms with Crippen molar-refractivity contribution in [2.45, 2.75) is 26.1 Å². The first-order valence-electron chi connectivity index (χ1n) is 6.32. The van der Waals surface area contributed by atoms with E-state index < -0.39 is 24.0 Å². The molecule has 0 spiro atoms. The fraction of sp³-hybridized carbons (Fsp3) is 0.429. The molecule has 0 saturated heterocycles. The molecule has 21 heavy (non-hydrogen) atoms. The SMILES string of the molecule is CCOC(=O)c1ccc(F)cc1C(O)C(O)CSC(C)=O. The first-order chi connectivity index (χ1) is 9.86. The van der Waals surface area contributed by atoms with Crippen molar-refractivity contribution in [3.63, 3.8) is 0 Å². The molecule has 1 aromatic carbocycles. The summed E-state index contributed by atoms with van der Waals surface area (Å²) in [5, 5.41) is 19.7. The third-order valence-electron chi connectivity index (χ3n) is 2.65. The Morgan fingerprint density at radius 2 is 2.05 bits per heavy atom. The third-order valence-corrected chi connectivity index (χ3v) is 3.56. The van der Waals surface area contributed by atoms with E-state index >= 15 is 0 Å². The van der Waals surface area contributed by atoms with Gasteiger partial charge in [-0.2, -0.15) is 0 Å². The number of ether oxygens (including phenoxy) is 1. The Hall–Kier alpha value is -1.44. The van der Waals surface area contributed by atoms with Gasteiger partial charge in [-0.25, -0.2) is 9.18 Å². The van der Waals surface area contributed by atoms with Gasteiger partial charge in [0.25, 0.3) is 0 Å². The number of aliphatic hydroxyl groups excluding tert-OH is 2. The third kappa shape index (κ3) is 5.11. The van der Waals surface area contributed by atoms with Gasteiger partial charge in [-0.05, 0) is 25.1 Å². The van der Waals surface area contributed by atoms with E-state index in [1.807, 2.05) is 0 Å². The van der Waals surface area contributed by atoms with Crippen molar-refractivity contribution < 1.29 is 28.9 Å². The molecule has 1 rings (SSSR count). The Kier molecular flexibility index (Phi) is 6.80. The van der Waals surface area contributed by atoms with E-state index in [1.165, 1.54) is 13.0 Å². The zero-order valence-electron chi connectivity index (χ0n) is 11.7. The van der Waals surface area contributed by atoms with Crippen molar-refractivity contribution in [2.24, 2.45) is 0 Å². The molecule has 1 aromatic rings. The van der Waals surface area contributed by atoms with Crippen LogP contribution in [0.1, 0.15) is 35.9 Å². The standard InChI is InChI=1S/C14H17FO5S/c1-3-20-14(19)10-5-4-9(15)6-11(10)13(18)12(17)7-21-8(2)16/h4-6,12-13,17-18H,3,7H2,1-2H3. The van der Waals surface area contributed by atoms with Gasteiger partial charge < -0.3 is 14.9 Å². The van der Waals surface area contributed by atoms with Crippen LogP contribution in [0.4, 0.5) is 4.39 Å². The quantitative estimate of drug-likeness (QED) is 0.777. The van der Waals surface area contributed by atoms with Crippen LogP contribution >= 0.6 is 11.8 Å². The molecule has 0 fully saturated rings. The highest BCUT2D eigenvalue weighted by Gasteiger charge is 2.25. The van der Waals surface area contributed by atoms with E-state index in [4.69, 9.17) is 4.74 Å². The minimum absolute atomic E-state index is 0.0161. The number of thioether (sulfide) groups is 1. The molecule has 116 valence electrons. The Bertz CT molecular complexity index is 520. The zero-order chi connectivity index (χ0) is 16.0. The van der Waals surface area contributed by atoms with Crippen molar-refractivity contribution >= 4 is 22.8 Å². The summed E-state index contributed by atoms with van der Waals surface area (Å²) in [5.41, 5.74) is -0.0808. The topological polar surface area (TPSA) is 83.8 Å². The van der Waals surface area contributed by atoms with Crippen LogP contribution in [-0.4, -0.2) is 39.8 Å². The van der Waals surface area contributed by atoms with Crippen LogP contribution in [0.25, 0.3) is 0 Å². The molecule has 0 amide bonds. The second kappa shape index (κ2) is 8.11. The summed E-state index contributed by atoms with van der Waals surface area (Å²) in [6.45, 7) is 3.08. The minimum Gasteiger partial charge on any atom is -0.462 e. The average Bonchev–Trinajstić information content (AvgIpc) is 2.43. The number of hydrogen-bond donors (Lipinski definition) is 2. The molecule has 0 saturated carbocycles. The van der Waals surface area contributed by atoms with Gasteiger partial charge in [-0.1, -0.05) is 11.8 Å². The zero-order valence-corrected chi connectivity index (χ0v) is 12.5. The summed E-state index contributed by atoms with van der Waals surface area (Å²) >= 11 is 0.832. The molecule has 2 atom stereocenters. The smallest absolute Gasteiger partial charge is 0.338 e. The maximum atomic E-state index is 13.3. The van der Waals surface area contributed by atoms with Gasteiger partial charge in [0.1, 0.15) is 11.9 Å². The van der Waals surface area contributed by atoms with E-state index in [1.54, 1.807) is 6.92 Å². The highest BCUT2D eigenvalue weighted by Crippen LogP contribution is 2.25. The maximum absolute atomic E-state index is 13.3. The fourth-order valence-corrected chi connectivity index (χ4v) is 2.26. The molecule has 0 heterocycles. The Labute approximate surface area is 126 Å². The molecule has 0 aliphatic carbocycles. The number of aliphatic hydroxyl groups is 2. The van der Waals surface area contributed by atoms with E-state index in [0.29, 0.717) is 0 Å². The largest absolute Gasteiger partial charge is 0.462 e. The summed E-state index contributed by atoms with van der Waals surface area (Å²) < 4.78 is 18.2. The molecule has 0 radical (unpaired) electrons. The summed E-state index contributed by atoms with van der Waals surface area (Å²) in [6, 6.07) is 3.23. The summed E-state index contributed by atoms with van der Waals surface area (Å²) in [5.74, 6) is -1.42. The lowest BCUT2D eigenvalue weighted by Crippen LogP contribution is -2.24. The number of carbonyl (C=O) groups excluding carboxylic acids is 2. The lowest BCUT2D eigenvalue weighted by molar-refractivity contribution is -0.109. The molecular formula is C14H17FO5S. The van der Waals surface area contributed by atoms with Crippen molar-refractivity contribution in [2.75, 3.05) is 12.4 Å². The molecule has 2 N–H and O–H groups in total. The van der Waals surface area contributed by atoms with Crippen LogP contribution < -0.4 is 0 Å².